The van der Waals surface area contributed by atoms with Crippen LogP contribution in [-0.4, -0.2) is 33.8 Å². The highest BCUT2D eigenvalue weighted by atomic mass is 16.5. The maximum Gasteiger partial charge on any atom is 0.257 e. The molecule has 1 aromatic heterocycles. The van der Waals surface area contributed by atoms with Crippen LogP contribution in [0.5, 0.6) is 5.75 Å². The van der Waals surface area contributed by atoms with Crippen molar-refractivity contribution in [2.45, 2.75) is 39.0 Å². The fourth-order valence-corrected chi connectivity index (χ4v) is 2.96. The SMILES string of the molecule is Cc1ccc(OCC(=O)NCCC2=CCCCC2)c(-n2cnnc2)c1. The fourth-order valence-electron chi connectivity index (χ4n) is 2.96. The van der Waals surface area contributed by atoms with Crippen LogP contribution in [0.1, 0.15) is 37.7 Å². The maximum atomic E-state index is 12.0. The smallest absolute Gasteiger partial charge is 0.257 e. The van der Waals surface area contributed by atoms with Crippen LogP contribution in [0.3, 0.4) is 0 Å². The Balaban J connectivity index is 1.51. The Morgan fingerprint density at radius 2 is 2.12 bits per heavy atom. The van der Waals surface area contributed by atoms with Crippen molar-refractivity contribution in [3.8, 4) is 11.4 Å². The van der Waals surface area contributed by atoms with Crippen LogP contribution in [0.4, 0.5) is 0 Å². The largest absolute Gasteiger partial charge is 0.482 e. The van der Waals surface area contributed by atoms with Crippen molar-refractivity contribution >= 4 is 5.91 Å². The van der Waals surface area contributed by atoms with Gasteiger partial charge in [0.2, 0.25) is 0 Å². The number of hydrogen-bond donors (Lipinski definition) is 1. The second kappa shape index (κ2) is 8.46. The lowest BCUT2D eigenvalue weighted by Gasteiger charge is -2.14. The van der Waals surface area contributed by atoms with Crippen molar-refractivity contribution in [3.63, 3.8) is 0 Å². The van der Waals surface area contributed by atoms with Crippen molar-refractivity contribution in [2.75, 3.05) is 13.2 Å². The quantitative estimate of drug-likeness (QED) is 0.787. The second-order valence-corrected chi connectivity index (χ2v) is 6.34. The number of aromatic nitrogens is 3. The second-order valence-electron chi connectivity index (χ2n) is 6.34. The Morgan fingerprint density at radius 3 is 2.88 bits per heavy atom. The summed E-state index contributed by atoms with van der Waals surface area (Å²) >= 11 is 0. The van der Waals surface area contributed by atoms with Crippen molar-refractivity contribution < 1.29 is 9.53 Å². The number of amides is 1. The molecular formula is C19H24N4O2. The van der Waals surface area contributed by atoms with Gasteiger partial charge in [0.25, 0.3) is 5.91 Å². The summed E-state index contributed by atoms with van der Waals surface area (Å²) in [6.45, 7) is 2.67. The van der Waals surface area contributed by atoms with Crippen molar-refractivity contribution in [1.82, 2.24) is 20.1 Å². The Hall–Kier alpha value is -2.63. The van der Waals surface area contributed by atoms with Crippen LogP contribution in [0.2, 0.25) is 0 Å². The lowest BCUT2D eigenvalue weighted by atomic mass is 9.97. The molecule has 1 aliphatic rings. The van der Waals surface area contributed by atoms with Gasteiger partial charge >= 0.3 is 0 Å². The molecule has 132 valence electrons. The Bertz CT molecular complexity index is 738. The van der Waals surface area contributed by atoms with E-state index in [1.165, 1.54) is 24.8 Å². The summed E-state index contributed by atoms with van der Waals surface area (Å²) in [4.78, 5) is 12.0. The minimum Gasteiger partial charge on any atom is -0.482 e. The molecule has 6 nitrogen and oxygen atoms in total. The normalized spacial score (nSPS) is 14.0. The molecule has 6 heteroatoms. The minimum atomic E-state index is -0.105. The first-order valence-electron chi connectivity index (χ1n) is 8.75. The van der Waals surface area contributed by atoms with E-state index in [0.29, 0.717) is 12.3 Å². The number of benzene rings is 1. The first-order chi connectivity index (χ1) is 12.2. The number of nitrogens with one attached hydrogen (secondary N) is 1. The van der Waals surface area contributed by atoms with Crippen LogP contribution in [0, 0.1) is 6.92 Å². The molecule has 2 aromatic rings. The maximum absolute atomic E-state index is 12.0. The molecule has 1 aliphatic carbocycles. The third-order valence-electron chi connectivity index (χ3n) is 4.32. The van der Waals surface area contributed by atoms with Crippen LogP contribution >= 0.6 is 0 Å². The van der Waals surface area contributed by atoms with E-state index in [2.05, 4.69) is 21.6 Å². The van der Waals surface area contributed by atoms with Crippen molar-refractivity contribution in [1.29, 1.82) is 0 Å². The highest BCUT2D eigenvalue weighted by molar-refractivity contribution is 5.77. The summed E-state index contributed by atoms with van der Waals surface area (Å²) in [6.07, 6.45) is 11.4. The summed E-state index contributed by atoms with van der Waals surface area (Å²) in [5, 5.41) is 10.6. The summed E-state index contributed by atoms with van der Waals surface area (Å²) in [5.74, 6) is 0.530. The number of carbonyl (C=O) groups excluding carboxylic acids is 1. The number of ether oxygens (including phenoxy) is 1. The average Bonchev–Trinajstić information content (AvgIpc) is 3.16. The fraction of sp³-hybridized carbons (Fsp3) is 0.421. The van der Waals surface area contributed by atoms with E-state index in [9.17, 15) is 4.79 Å². The van der Waals surface area contributed by atoms with E-state index < -0.39 is 0 Å². The molecule has 1 aromatic carbocycles. The zero-order chi connectivity index (χ0) is 17.5. The van der Waals surface area contributed by atoms with Gasteiger partial charge < -0.3 is 10.1 Å². The van der Waals surface area contributed by atoms with E-state index in [4.69, 9.17) is 4.74 Å². The van der Waals surface area contributed by atoms with Gasteiger partial charge in [0.05, 0.1) is 5.69 Å². The van der Waals surface area contributed by atoms with Gasteiger partial charge in [-0.15, -0.1) is 10.2 Å². The molecule has 0 spiro atoms. The molecule has 0 unspecified atom stereocenters. The number of hydrogen-bond acceptors (Lipinski definition) is 4. The number of nitrogens with zero attached hydrogens (tertiary/aromatic N) is 3. The summed E-state index contributed by atoms with van der Waals surface area (Å²) in [6, 6.07) is 5.80. The zero-order valence-corrected chi connectivity index (χ0v) is 14.6. The molecule has 1 heterocycles. The highest BCUT2D eigenvalue weighted by Gasteiger charge is 2.10. The van der Waals surface area contributed by atoms with Crippen LogP contribution in [-0.2, 0) is 4.79 Å². The van der Waals surface area contributed by atoms with E-state index in [1.54, 1.807) is 17.2 Å². The molecule has 0 saturated carbocycles. The lowest BCUT2D eigenvalue weighted by molar-refractivity contribution is -0.123. The molecule has 0 aliphatic heterocycles. The van der Waals surface area contributed by atoms with Gasteiger partial charge in [0, 0.05) is 6.54 Å². The van der Waals surface area contributed by atoms with E-state index in [1.807, 2.05) is 25.1 Å². The van der Waals surface area contributed by atoms with E-state index >= 15 is 0 Å². The standard InChI is InChI=1S/C19H24N4O2/c1-15-7-8-18(17(11-15)23-13-21-22-14-23)25-12-19(24)20-10-9-16-5-3-2-4-6-16/h5,7-8,11,13-14H,2-4,6,9-10,12H2,1H3,(H,20,24). The Labute approximate surface area is 147 Å². The highest BCUT2D eigenvalue weighted by Crippen LogP contribution is 2.24. The number of carbonyl (C=O) groups is 1. The van der Waals surface area contributed by atoms with Gasteiger partial charge in [0.15, 0.2) is 6.61 Å². The Morgan fingerprint density at radius 1 is 1.28 bits per heavy atom. The van der Waals surface area contributed by atoms with Crippen LogP contribution in [0.15, 0.2) is 42.5 Å². The monoisotopic (exact) mass is 340 g/mol. The summed E-state index contributed by atoms with van der Waals surface area (Å²) in [5.41, 5.74) is 3.38. The Kier molecular flexibility index (Phi) is 5.82. The van der Waals surface area contributed by atoms with Crippen molar-refractivity contribution in [2.24, 2.45) is 0 Å². The summed E-state index contributed by atoms with van der Waals surface area (Å²) in [7, 11) is 0. The van der Waals surface area contributed by atoms with Gasteiger partial charge in [-0.05, 0) is 56.7 Å². The number of rotatable bonds is 7. The van der Waals surface area contributed by atoms with Crippen LogP contribution in [0.25, 0.3) is 5.69 Å². The molecule has 0 saturated heterocycles. The van der Waals surface area contributed by atoms with Gasteiger partial charge in [-0.3, -0.25) is 9.36 Å². The predicted octanol–water partition coefficient (Wildman–Crippen LogP) is 2.96. The third-order valence-corrected chi connectivity index (χ3v) is 4.32. The number of aryl methyl sites for hydroxylation is 1. The van der Waals surface area contributed by atoms with Crippen LogP contribution < -0.4 is 10.1 Å². The zero-order valence-electron chi connectivity index (χ0n) is 14.6. The molecular weight excluding hydrogens is 316 g/mol. The topological polar surface area (TPSA) is 69.0 Å². The predicted molar refractivity (Wildman–Crippen MR) is 95.8 cm³/mol. The minimum absolute atomic E-state index is 0.00274. The average molecular weight is 340 g/mol. The summed E-state index contributed by atoms with van der Waals surface area (Å²) < 4.78 is 7.49. The molecule has 0 atom stereocenters. The van der Waals surface area contributed by atoms with E-state index in [-0.39, 0.29) is 12.5 Å². The van der Waals surface area contributed by atoms with Gasteiger partial charge in [-0.2, -0.15) is 0 Å². The first-order valence-corrected chi connectivity index (χ1v) is 8.75. The number of allylic oxidation sites excluding steroid dienone is 1. The van der Waals surface area contributed by atoms with Gasteiger partial charge in [-0.1, -0.05) is 17.7 Å². The van der Waals surface area contributed by atoms with E-state index in [0.717, 1.165) is 24.1 Å². The molecule has 1 amide bonds. The van der Waals surface area contributed by atoms with Gasteiger partial charge in [-0.25, -0.2) is 0 Å². The first kappa shape index (κ1) is 17.2. The molecule has 0 fully saturated rings. The molecule has 25 heavy (non-hydrogen) atoms. The third kappa shape index (κ3) is 4.92. The molecule has 0 bridgehead atoms. The lowest BCUT2D eigenvalue weighted by Crippen LogP contribution is -2.30. The molecule has 3 rings (SSSR count). The van der Waals surface area contributed by atoms with Gasteiger partial charge in [0.1, 0.15) is 18.4 Å². The molecule has 1 N–H and O–H groups in total. The molecule has 0 radical (unpaired) electrons. The van der Waals surface area contributed by atoms with Crippen molar-refractivity contribution in [3.05, 3.63) is 48.1 Å².